The van der Waals surface area contributed by atoms with E-state index in [0.717, 1.165) is 5.56 Å². The molecule has 0 fully saturated rings. The summed E-state index contributed by atoms with van der Waals surface area (Å²) < 4.78 is 6.82. The van der Waals surface area contributed by atoms with Gasteiger partial charge in [0.1, 0.15) is 17.1 Å². The van der Waals surface area contributed by atoms with Crippen LogP contribution in [-0.2, 0) is 0 Å². The number of ether oxygens (including phenoxy) is 1. The Kier molecular flexibility index (Phi) is 3.76. The summed E-state index contributed by atoms with van der Waals surface area (Å²) in [6.45, 7) is 1.86. The lowest BCUT2D eigenvalue weighted by Crippen LogP contribution is -1.96. The van der Waals surface area contributed by atoms with E-state index in [1.54, 1.807) is 34.9 Å². The quantitative estimate of drug-likeness (QED) is 0.743. The molecule has 0 aliphatic rings. The summed E-state index contributed by atoms with van der Waals surface area (Å²) in [4.78, 5) is 15.6. The molecule has 7 heteroatoms. The molecular formula is C16H14N4O3. The molecule has 116 valence electrons. The summed E-state index contributed by atoms with van der Waals surface area (Å²) in [6.07, 6.45) is 1.71. The molecule has 1 aromatic carbocycles. The summed E-state index contributed by atoms with van der Waals surface area (Å²) in [5, 5.41) is 17.6. The minimum absolute atomic E-state index is 0.141. The molecule has 0 spiro atoms. The molecule has 7 nitrogen and oxygen atoms in total. The van der Waals surface area contributed by atoms with Gasteiger partial charge in [0.2, 0.25) is 0 Å². The Labute approximate surface area is 131 Å². The van der Waals surface area contributed by atoms with Crippen LogP contribution < -0.4 is 4.74 Å². The van der Waals surface area contributed by atoms with Gasteiger partial charge in [-0.3, -0.25) is 4.40 Å². The number of fused-ring (bicyclic) bond motifs is 1. The number of rotatable bonds is 4. The fraction of sp³-hybridized carbons (Fsp3) is 0.125. The molecular weight excluding hydrogens is 296 g/mol. The number of carboxylic acids is 1. The predicted molar refractivity (Wildman–Crippen MR) is 84.1 cm³/mol. The predicted octanol–water partition coefficient (Wildman–Crippen LogP) is 3.76. The Morgan fingerprint density at radius 2 is 2.00 bits per heavy atom. The topological polar surface area (TPSA) is 88.5 Å². The summed E-state index contributed by atoms with van der Waals surface area (Å²) in [7, 11) is 1.54. The Balaban J connectivity index is 2.15. The minimum Gasteiger partial charge on any atom is -0.494 e. The molecule has 0 aliphatic carbocycles. The van der Waals surface area contributed by atoms with Gasteiger partial charge in [-0.25, -0.2) is 9.78 Å². The Bertz CT molecular complexity index is 915. The van der Waals surface area contributed by atoms with Gasteiger partial charge in [0.25, 0.3) is 0 Å². The molecule has 0 bridgehead atoms. The van der Waals surface area contributed by atoms with E-state index in [0.29, 0.717) is 17.1 Å². The van der Waals surface area contributed by atoms with E-state index in [4.69, 9.17) is 4.74 Å². The number of nitrogens with zero attached hydrogens (tertiary/aromatic N) is 4. The van der Waals surface area contributed by atoms with Crippen LogP contribution in [0.15, 0.2) is 52.8 Å². The number of pyridine rings is 1. The number of aryl methyl sites for hydroxylation is 1. The SMILES string of the molecule is COc1ccccc1N=Nc1c(C(=O)O)nc2c(C)cccn12. The van der Waals surface area contributed by atoms with E-state index in [1.807, 2.05) is 19.1 Å². The van der Waals surface area contributed by atoms with Gasteiger partial charge < -0.3 is 9.84 Å². The van der Waals surface area contributed by atoms with Crippen LogP contribution >= 0.6 is 0 Å². The van der Waals surface area contributed by atoms with Gasteiger partial charge in [0, 0.05) is 6.20 Å². The van der Waals surface area contributed by atoms with Gasteiger partial charge in [-0.05, 0) is 30.7 Å². The zero-order valence-corrected chi connectivity index (χ0v) is 12.6. The van der Waals surface area contributed by atoms with E-state index in [2.05, 4.69) is 15.2 Å². The minimum atomic E-state index is -1.15. The first kappa shape index (κ1) is 14.7. The number of methoxy groups -OCH3 is 1. The number of azo groups is 1. The monoisotopic (exact) mass is 310 g/mol. The first-order valence-corrected chi connectivity index (χ1v) is 6.87. The third-order valence-electron chi connectivity index (χ3n) is 3.36. The fourth-order valence-corrected chi connectivity index (χ4v) is 2.24. The van der Waals surface area contributed by atoms with E-state index in [9.17, 15) is 9.90 Å². The van der Waals surface area contributed by atoms with Crippen LogP contribution in [0.5, 0.6) is 5.75 Å². The van der Waals surface area contributed by atoms with Gasteiger partial charge in [0.05, 0.1) is 7.11 Å². The number of aromatic nitrogens is 2. The number of aromatic carboxylic acids is 1. The second-order valence-corrected chi connectivity index (χ2v) is 4.85. The molecule has 0 radical (unpaired) electrons. The Morgan fingerprint density at radius 1 is 1.22 bits per heavy atom. The number of benzene rings is 1. The van der Waals surface area contributed by atoms with Crippen molar-refractivity contribution in [3.63, 3.8) is 0 Å². The van der Waals surface area contributed by atoms with Crippen molar-refractivity contribution >= 4 is 23.1 Å². The highest BCUT2D eigenvalue weighted by molar-refractivity contribution is 5.92. The molecule has 0 saturated carbocycles. The average molecular weight is 310 g/mol. The molecule has 0 atom stereocenters. The van der Waals surface area contributed by atoms with Crippen LogP contribution in [0.3, 0.4) is 0 Å². The summed E-state index contributed by atoms with van der Waals surface area (Å²) in [5.41, 5.74) is 1.76. The lowest BCUT2D eigenvalue weighted by atomic mass is 10.3. The van der Waals surface area contributed by atoms with Crippen molar-refractivity contribution in [3.05, 3.63) is 53.9 Å². The van der Waals surface area contributed by atoms with Crippen molar-refractivity contribution in [1.82, 2.24) is 9.38 Å². The maximum atomic E-state index is 11.4. The van der Waals surface area contributed by atoms with Crippen LogP contribution in [0.4, 0.5) is 11.5 Å². The largest absolute Gasteiger partial charge is 0.494 e. The van der Waals surface area contributed by atoms with E-state index >= 15 is 0 Å². The van der Waals surface area contributed by atoms with Crippen LogP contribution in [-0.4, -0.2) is 27.6 Å². The number of para-hydroxylation sites is 1. The number of hydrogen-bond acceptors (Lipinski definition) is 5. The lowest BCUT2D eigenvalue weighted by molar-refractivity contribution is 0.0692. The summed E-state index contributed by atoms with van der Waals surface area (Å²) in [5.74, 6) is -0.428. The van der Waals surface area contributed by atoms with Crippen molar-refractivity contribution in [3.8, 4) is 5.75 Å². The molecule has 1 N–H and O–H groups in total. The second-order valence-electron chi connectivity index (χ2n) is 4.85. The van der Waals surface area contributed by atoms with Crippen LogP contribution in [0, 0.1) is 6.92 Å². The summed E-state index contributed by atoms with van der Waals surface area (Å²) >= 11 is 0. The highest BCUT2D eigenvalue weighted by atomic mass is 16.5. The van der Waals surface area contributed by atoms with Crippen LogP contribution in [0.25, 0.3) is 5.65 Å². The average Bonchev–Trinajstić information content (AvgIpc) is 2.93. The van der Waals surface area contributed by atoms with Crippen molar-refractivity contribution < 1.29 is 14.6 Å². The zero-order chi connectivity index (χ0) is 16.4. The number of carboxylic acid groups (broad SMARTS) is 1. The van der Waals surface area contributed by atoms with E-state index in [1.165, 1.54) is 7.11 Å². The first-order valence-electron chi connectivity index (χ1n) is 6.87. The molecule has 0 amide bonds. The normalized spacial score (nSPS) is 11.2. The molecule has 2 aromatic heterocycles. The maximum absolute atomic E-state index is 11.4. The maximum Gasteiger partial charge on any atom is 0.358 e. The number of carbonyl (C=O) groups is 1. The van der Waals surface area contributed by atoms with Crippen molar-refractivity contribution in [2.24, 2.45) is 10.2 Å². The third-order valence-corrected chi connectivity index (χ3v) is 3.36. The van der Waals surface area contributed by atoms with Crippen molar-refractivity contribution in [1.29, 1.82) is 0 Å². The zero-order valence-electron chi connectivity index (χ0n) is 12.6. The van der Waals surface area contributed by atoms with Crippen molar-refractivity contribution in [2.45, 2.75) is 6.92 Å². The fourth-order valence-electron chi connectivity index (χ4n) is 2.24. The standard InChI is InChI=1S/C16H14N4O3/c1-10-6-5-9-20-14(10)17-13(16(21)22)15(20)19-18-11-7-3-4-8-12(11)23-2/h3-9H,1-2H3,(H,21,22). The highest BCUT2D eigenvalue weighted by Crippen LogP contribution is 2.30. The van der Waals surface area contributed by atoms with Gasteiger partial charge in [-0.2, -0.15) is 0 Å². The molecule has 0 unspecified atom stereocenters. The van der Waals surface area contributed by atoms with Crippen molar-refractivity contribution in [2.75, 3.05) is 7.11 Å². The third kappa shape index (κ3) is 2.64. The second kappa shape index (κ2) is 5.88. The van der Waals surface area contributed by atoms with Gasteiger partial charge in [-0.1, -0.05) is 18.2 Å². The number of imidazole rings is 1. The summed E-state index contributed by atoms with van der Waals surface area (Å²) in [6, 6.07) is 10.8. The van der Waals surface area contributed by atoms with E-state index in [-0.39, 0.29) is 11.5 Å². The molecule has 3 aromatic rings. The van der Waals surface area contributed by atoms with Crippen LogP contribution in [0.1, 0.15) is 16.1 Å². The highest BCUT2D eigenvalue weighted by Gasteiger charge is 2.19. The van der Waals surface area contributed by atoms with Gasteiger partial charge in [-0.15, -0.1) is 10.2 Å². The smallest absolute Gasteiger partial charge is 0.358 e. The Morgan fingerprint density at radius 3 is 2.74 bits per heavy atom. The molecule has 2 heterocycles. The lowest BCUT2D eigenvalue weighted by Gasteiger charge is -2.02. The first-order chi connectivity index (χ1) is 11.1. The molecule has 0 aliphatic heterocycles. The number of hydrogen-bond donors (Lipinski definition) is 1. The van der Waals surface area contributed by atoms with Crippen LogP contribution in [0.2, 0.25) is 0 Å². The van der Waals surface area contributed by atoms with Gasteiger partial charge >= 0.3 is 5.97 Å². The van der Waals surface area contributed by atoms with E-state index < -0.39 is 5.97 Å². The Hall–Kier alpha value is -3.22. The molecule has 0 saturated heterocycles. The molecule has 3 rings (SSSR count). The molecule has 23 heavy (non-hydrogen) atoms. The van der Waals surface area contributed by atoms with Gasteiger partial charge in [0.15, 0.2) is 11.5 Å².